The summed E-state index contributed by atoms with van der Waals surface area (Å²) in [6, 6.07) is 16.4. The van der Waals surface area contributed by atoms with Crippen LogP contribution in [0.25, 0.3) is 55.6 Å². The van der Waals surface area contributed by atoms with E-state index < -0.39 is 15.8 Å². The summed E-state index contributed by atoms with van der Waals surface area (Å²) in [6.07, 6.45) is 8.43. The first-order valence-electron chi connectivity index (χ1n) is 14.3. The van der Waals surface area contributed by atoms with Crippen LogP contribution in [0.15, 0.2) is 73.2 Å². The van der Waals surface area contributed by atoms with Gasteiger partial charge in [0, 0.05) is 46.4 Å². The molecule has 10 nitrogen and oxygen atoms in total. The minimum absolute atomic E-state index is 0.0256. The molecule has 0 spiro atoms. The number of rotatable bonds is 8. The number of hydrogen-bond donors (Lipinski definition) is 4. The molecular formula is C32H30FN7O3S. The van der Waals surface area contributed by atoms with Gasteiger partial charge in [0.1, 0.15) is 23.4 Å². The number of aromatic nitrogens is 5. The second-order valence-electron chi connectivity index (χ2n) is 11.1. The highest BCUT2D eigenvalue weighted by molar-refractivity contribution is 7.88. The molecule has 0 bridgehead atoms. The molecule has 1 aliphatic heterocycles. The maximum absolute atomic E-state index is 14.6. The van der Waals surface area contributed by atoms with E-state index in [2.05, 4.69) is 41.3 Å². The third kappa shape index (κ3) is 5.91. The quantitative estimate of drug-likeness (QED) is 0.187. The average molecular weight is 612 g/mol. The highest BCUT2D eigenvalue weighted by Gasteiger charge is 2.18. The second-order valence-corrected chi connectivity index (χ2v) is 12.9. The Balaban J connectivity index is 1.23. The first-order valence-corrected chi connectivity index (χ1v) is 16.2. The molecule has 7 rings (SSSR count). The van der Waals surface area contributed by atoms with Gasteiger partial charge in [0.25, 0.3) is 0 Å². The molecule has 0 atom stereocenters. The molecule has 12 heteroatoms. The van der Waals surface area contributed by atoms with Gasteiger partial charge in [0.05, 0.1) is 29.4 Å². The van der Waals surface area contributed by atoms with Crippen LogP contribution < -0.4 is 14.8 Å². The maximum atomic E-state index is 14.6. The zero-order valence-corrected chi connectivity index (χ0v) is 24.7. The fraction of sp³-hybridized carbons (Fsp3) is 0.219. The van der Waals surface area contributed by atoms with Crippen molar-refractivity contribution in [1.29, 1.82) is 0 Å². The molecule has 1 fully saturated rings. The van der Waals surface area contributed by atoms with E-state index in [0.717, 1.165) is 82.3 Å². The normalized spacial score (nSPS) is 14.4. The standard InChI is InChI=1S/C32H30FN7O3S/c1-44(41,42)37-16-19-10-21(12-23(33)11-19)31-27-15-30(38-28(27)6-9-36-31)32-26-14-20(2-3-29(26)39-40-32)22-13-25(18-35-17-22)43-24-4-7-34-8-5-24/h2-3,6,9-15,17-18,24,34,37-38H,4-5,7-8,16H2,1H3,(H,39,40). The van der Waals surface area contributed by atoms with E-state index in [4.69, 9.17) is 4.74 Å². The molecule has 224 valence electrons. The van der Waals surface area contributed by atoms with Crippen LogP contribution >= 0.6 is 0 Å². The Hall–Kier alpha value is -4.65. The summed E-state index contributed by atoms with van der Waals surface area (Å²) in [7, 11) is -3.43. The van der Waals surface area contributed by atoms with Crippen molar-refractivity contribution in [2.75, 3.05) is 19.3 Å². The SMILES string of the molecule is CS(=O)(=O)NCc1cc(F)cc(-c2nccc3[nH]c(-c4n[nH]c5ccc(-c6cncc(OC7CCNCC7)c6)cc45)cc23)c1. The van der Waals surface area contributed by atoms with Crippen LogP contribution in [-0.2, 0) is 16.6 Å². The first-order chi connectivity index (χ1) is 21.3. The van der Waals surface area contributed by atoms with Crippen molar-refractivity contribution in [1.82, 2.24) is 35.2 Å². The molecule has 44 heavy (non-hydrogen) atoms. The van der Waals surface area contributed by atoms with Gasteiger partial charge in [-0.1, -0.05) is 6.07 Å². The van der Waals surface area contributed by atoms with Crippen molar-refractivity contribution in [3.05, 3.63) is 84.6 Å². The number of H-pyrrole nitrogens is 2. The predicted octanol–water partition coefficient (Wildman–Crippen LogP) is 5.15. The van der Waals surface area contributed by atoms with Crippen LogP contribution in [-0.4, -0.2) is 59.0 Å². The zero-order valence-electron chi connectivity index (χ0n) is 23.9. The molecular weight excluding hydrogens is 581 g/mol. The number of fused-ring (bicyclic) bond motifs is 2. The van der Waals surface area contributed by atoms with Gasteiger partial charge >= 0.3 is 0 Å². The second kappa shape index (κ2) is 11.5. The van der Waals surface area contributed by atoms with E-state index in [1.807, 2.05) is 36.5 Å². The van der Waals surface area contributed by atoms with Gasteiger partial charge in [0.15, 0.2) is 0 Å². The number of halogens is 1. The minimum Gasteiger partial charge on any atom is -0.489 e. The molecule has 0 saturated carbocycles. The summed E-state index contributed by atoms with van der Waals surface area (Å²) in [4.78, 5) is 12.4. The molecule has 4 N–H and O–H groups in total. The number of ether oxygens (including phenoxy) is 1. The lowest BCUT2D eigenvalue weighted by Crippen LogP contribution is -2.34. The fourth-order valence-corrected chi connectivity index (χ4v) is 6.09. The number of benzene rings is 2. The number of aromatic amines is 2. The van der Waals surface area contributed by atoms with Crippen molar-refractivity contribution < 1.29 is 17.5 Å². The number of pyridine rings is 2. The summed E-state index contributed by atoms with van der Waals surface area (Å²) in [5.41, 5.74) is 6.73. The third-order valence-electron chi connectivity index (χ3n) is 7.77. The van der Waals surface area contributed by atoms with Gasteiger partial charge in [-0.25, -0.2) is 17.5 Å². The maximum Gasteiger partial charge on any atom is 0.209 e. The first kappa shape index (κ1) is 28.1. The van der Waals surface area contributed by atoms with Crippen LogP contribution in [0.1, 0.15) is 18.4 Å². The van der Waals surface area contributed by atoms with Gasteiger partial charge in [-0.05, 0) is 85.6 Å². The number of nitrogens with one attached hydrogen (secondary N) is 4. The zero-order chi connectivity index (χ0) is 30.3. The molecule has 0 amide bonds. The van der Waals surface area contributed by atoms with Crippen LogP contribution in [0.5, 0.6) is 5.75 Å². The van der Waals surface area contributed by atoms with Gasteiger partial charge in [-0.15, -0.1) is 0 Å². The van der Waals surface area contributed by atoms with Crippen molar-refractivity contribution >= 4 is 31.8 Å². The van der Waals surface area contributed by atoms with Crippen LogP contribution in [0.2, 0.25) is 0 Å². The number of sulfonamides is 1. The Morgan fingerprint density at radius 1 is 0.932 bits per heavy atom. The van der Waals surface area contributed by atoms with E-state index in [0.29, 0.717) is 16.8 Å². The Kier molecular flexibility index (Phi) is 7.32. The predicted molar refractivity (Wildman–Crippen MR) is 168 cm³/mol. The summed E-state index contributed by atoms with van der Waals surface area (Å²) in [5, 5.41) is 12.8. The highest BCUT2D eigenvalue weighted by atomic mass is 32.2. The van der Waals surface area contributed by atoms with Crippen molar-refractivity contribution in [2.24, 2.45) is 0 Å². The molecule has 0 unspecified atom stereocenters. The number of piperidine rings is 1. The topological polar surface area (TPSA) is 138 Å². The fourth-order valence-electron chi connectivity index (χ4n) is 5.66. The Morgan fingerprint density at radius 3 is 2.61 bits per heavy atom. The number of hydrogen-bond acceptors (Lipinski definition) is 7. The average Bonchev–Trinajstić information content (AvgIpc) is 3.64. The molecule has 2 aromatic carbocycles. The summed E-state index contributed by atoms with van der Waals surface area (Å²) < 4.78 is 46.4. The summed E-state index contributed by atoms with van der Waals surface area (Å²) >= 11 is 0. The summed E-state index contributed by atoms with van der Waals surface area (Å²) in [5.74, 6) is 0.276. The lowest BCUT2D eigenvalue weighted by molar-refractivity contribution is 0.162. The van der Waals surface area contributed by atoms with Crippen LogP contribution in [0.4, 0.5) is 4.39 Å². The van der Waals surface area contributed by atoms with Crippen molar-refractivity contribution in [3.63, 3.8) is 0 Å². The van der Waals surface area contributed by atoms with E-state index in [9.17, 15) is 12.8 Å². The van der Waals surface area contributed by atoms with Crippen molar-refractivity contribution in [2.45, 2.75) is 25.5 Å². The third-order valence-corrected chi connectivity index (χ3v) is 8.44. The molecule has 5 heterocycles. The van der Waals surface area contributed by atoms with Gasteiger partial charge in [-0.3, -0.25) is 15.1 Å². The molecule has 1 aliphatic rings. The highest BCUT2D eigenvalue weighted by Crippen LogP contribution is 2.35. The summed E-state index contributed by atoms with van der Waals surface area (Å²) in [6.45, 7) is 1.88. The largest absolute Gasteiger partial charge is 0.489 e. The van der Waals surface area contributed by atoms with Crippen LogP contribution in [0, 0.1) is 5.82 Å². The number of nitrogens with zero attached hydrogens (tertiary/aromatic N) is 3. The van der Waals surface area contributed by atoms with Gasteiger partial charge in [-0.2, -0.15) is 5.10 Å². The lowest BCUT2D eigenvalue weighted by Gasteiger charge is -2.23. The van der Waals surface area contributed by atoms with E-state index in [-0.39, 0.29) is 12.6 Å². The van der Waals surface area contributed by atoms with Gasteiger partial charge in [0.2, 0.25) is 10.0 Å². The molecule has 1 saturated heterocycles. The Labute approximate surface area is 253 Å². The van der Waals surface area contributed by atoms with E-state index >= 15 is 0 Å². The molecule has 4 aromatic heterocycles. The van der Waals surface area contributed by atoms with E-state index in [1.165, 1.54) is 12.1 Å². The molecule has 6 aromatic rings. The molecule has 0 aliphatic carbocycles. The molecule has 0 radical (unpaired) electrons. The van der Waals surface area contributed by atoms with Crippen molar-refractivity contribution in [3.8, 4) is 39.5 Å². The Morgan fingerprint density at radius 2 is 1.77 bits per heavy atom. The van der Waals surface area contributed by atoms with Crippen LogP contribution in [0.3, 0.4) is 0 Å². The smallest absolute Gasteiger partial charge is 0.209 e. The lowest BCUT2D eigenvalue weighted by atomic mass is 10.0. The Bertz CT molecular complexity index is 2100. The minimum atomic E-state index is -3.43. The van der Waals surface area contributed by atoms with E-state index in [1.54, 1.807) is 18.5 Å². The monoisotopic (exact) mass is 611 g/mol. The van der Waals surface area contributed by atoms with Gasteiger partial charge < -0.3 is 15.0 Å².